The van der Waals surface area contributed by atoms with E-state index < -0.39 is 23.7 Å². The first kappa shape index (κ1) is 18.1. The molecule has 2 N–H and O–H groups in total. The number of aliphatic carboxylic acids is 1. The van der Waals surface area contributed by atoms with Crippen molar-refractivity contribution in [3.63, 3.8) is 0 Å². The van der Waals surface area contributed by atoms with Gasteiger partial charge in [-0.1, -0.05) is 11.6 Å². The second-order valence-corrected chi connectivity index (χ2v) is 6.18. The molecule has 0 heterocycles. The monoisotopic (exact) mass is 329 g/mol. The highest BCUT2D eigenvalue weighted by Crippen LogP contribution is 2.21. The van der Waals surface area contributed by atoms with Crippen LogP contribution in [0.5, 0.6) is 5.75 Å². The minimum Gasteiger partial charge on any atom is -0.497 e. The van der Waals surface area contributed by atoms with Crippen LogP contribution in [0.2, 0.25) is 5.02 Å². The van der Waals surface area contributed by atoms with Gasteiger partial charge >= 0.3 is 12.1 Å². The fraction of sp³-hybridized carbons (Fsp3) is 0.467. The van der Waals surface area contributed by atoms with E-state index >= 15 is 0 Å². The lowest BCUT2D eigenvalue weighted by Gasteiger charge is -2.22. The summed E-state index contributed by atoms with van der Waals surface area (Å²) in [6.45, 7) is 5.10. The van der Waals surface area contributed by atoms with Gasteiger partial charge in [0, 0.05) is 11.4 Å². The molecule has 0 radical (unpaired) electrons. The zero-order chi connectivity index (χ0) is 16.9. The molecule has 1 amide bonds. The fourth-order valence-electron chi connectivity index (χ4n) is 1.74. The number of methoxy groups -OCH3 is 1. The number of carboxylic acids is 1. The normalized spacial score (nSPS) is 12.4. The summed E-state index contributed by atoms with van der Waals surface area (Å²) in [7, 11) is 1.49. The Morgan fingerprint density at radius 1 is 1.32 bits per heavy atom. The predicted molar refractivity (Wildman–Crippen MR) is 82.5 cm³/mol. The van der Waals surface area contributed by atoms with Gasteiger partial charge in [0.05, 0.1) is 7.11 Å². The number of ether oxygens (including phenoxy) is 2. The van der Waals surface area contributed by atoms with Crippen molar-refractivity contribution < 1.29 is 24.2 Å². The number of nitrogens with one attached hydrogen (secondary N) is 1. The molecular formula is C15H20ClNO5. The van der Waals surface area contributed by atoms with E-state index in [1.807, 2.05) is 0 Å². The van der Waals surface area contributed by atoms with Gasteiger partial charge in [0.15, 0.2) is 0 Å². The molecule has 1 aromatic rings. The lowest BCUT2D eigenvalue weighted by molar-refractivity contribution is -0.139. The van der Waals surface area contributed by atoms with Gasteiger partial charge in [-0.15, -0.1) is 0 Å². The number of carboxylic acid groups (broad SMARTS) is 1. The molecule has 122 valence electrons. The van der Waals surface area contributed by atoms with E-state index in [0.717, 1.165) is 0 Å². The molecule has 0 aliphatic carbocycles. The van der Waals surface area contributed by atoms with Gasteiger partial charge in [0.25, 0.3) is 0 Å². The number of benzene rings is 1. The molecule has 1 atom stereocenters. The summed E-state index contributed by atoms with van der Waals surface area (Å²) in [5, 5.41) is 12.0. The number of alkyl carbamates (subject to hydrolysis) is 1. The molecule has 0 aromatic heterocycles. The maximum Gasteiger partial charge on any atom is 0.408 e. The van der Waals surface area contributed by atoms with Crippen LogP contribution in [-0.4, -0.2) is 35.9 Å². The number of carbonyl (C=O) groups is 2. The van der Waals surface area contributed by atoms with E-state index in [-0.39, 0.29) is 6.42 Å². The van der Waals surface area contributed by atoms with E-state index in [4.69, 9.17) is 21.1 Å². The molecule has 0 saturated heterocycles. The first-order valence-electron chi connectivity index (χ1n) is 6.66. The van der Waals surface area contributed by atoms with Crippen LogP contribution in [0.15, 0.2) is 18.2 Å². The molecular weight excluding hydrogens is 310 g/mol. The predicted octanol–water partition coefficient (Wildman–Crippen LogP) is 2.87. The van der Waals surface area contributed by atoms with Gasteiger partial charge in [-0.3, -0.25) is 0 Å². The number of amides is 1. The van der Waals surface area contributed by atoms with Crippen molar-refractivity contribution in [2.45, 2.75) is 38.8 Å². The third-order valence-corrected chi connectivity index (χ3v) is 2.81. The highest BCUT2D eigenvalue weighted by Gasteiger charge is 2.24. The standard InChI is InChI=1S/C15H20ClNO5/c1-15(2,3)22-14(20)17-12(13(18)19)7-9-5-10(16)8-11(6-9)21-4/h5-6,8,12H,7H2,1-4H3,(H,17,20)(H,18,19)/t12-/m0/s1. The van der Waals surface area contributed by atoms with E-state index in [1.165, 1.54) is 7.11 Å². The third kappa shape index (κ3) is 6.22. The fourth-order valence-corrected chi connectivity index (χ4v) is 1.99. The minimum atomic E-state index is -1.16. The zero-order valence-electron chi connectivity index (χ0n) is 13.0. The number of rotatable bonds is 5. The first-order valence-corrected chi connectivity index (χ1v) is 7.04. The Morgan fingerprint density at radius 3 is 2.45 bits per heavy atom. The van der Waals surface area contributed by atoms with Crippen molar-refractivity contribution in [1.29, 1.82) is 0 Å². The quantitative estimate of drug-likeness (QED) is 0.867. The number of carbonyl (C=O) groups excluding carboxylic acids is 1. The Morgan fingerprint density at radius 2 is 1.95 bits per heavy atom. The summed E-state index contributed by atoms with van der Waals surface area (Å²) in [6.07, 6.45) is -0.722. The smallest absolute Gasteiger partial charge is 0.408 e. The zero-order valence-corrected chi connectivity index (χ0v) is 13.7. The lowest BCUT2D eigenvalue weighted by Crippen LogP contribution is -2.44. The average molecular weight is 330 g/mol. The van der Waals surface area contributed by atoms with E-state index in [9.17, 15) is 14.7 Å². The Kier molecular flexibility index (Phi) is 6.05. The average Bonchev–Trinajstić information content (AvgIpc) is 2.34. The molecule has 22 heavy (non-hydrogen) atoms. The summed E-state index contributed by atoms with van der Waals surface area (Å²) < 4.78 is 10.1. The van der Waals surface area contributed by atoms with Crippen molar-refractivity contribution in [2.75, 3.05) is 7.11 Å². The van der Waals surface area contributed by atoms with Crippen molar-refractivity contribution in [1.82, 2.24) is 5.32 Å². The Bertz CT molecular complexity index is 553. The topological polar surface area (TPSA) is 84.9 Å². The van der Waals surface area contributed by atoms with Crippen LogP contribution in [0.1, 0.15) is 26.3 Å². The van der Waals surface area contributed by atoms with Gasteiger partial charge < -0.3 is 19.9 Å². The van der Waals surface area contributed by atoms with Crippen molar-refractivity contribution in [3.05, 3.63) is 28.8 Å². The van der Waals surface area contributed by atoms with Crippen LogP contribution in [-0.2, 0) is 16.0 Å². The van der Waals surface area contributed by atoms with Gasteiger partial charge in [-0.05, 0) is 44.5 Å². The van der Waals surface area contributed by atoms with Crippen LogP contribution in [0, 0.1) is 0 Å². The highest BCUT2D eigenvalue weighted by molar-refractivity contribution is 6.30. The molecule has 0 saturated carbocycles. The summed E-state index contributed by atoms with van der Waals surface area (Å²) in [5.74, 6) is -0.645. The van der Waals surface area contributed by atoms with Gasteiger partial charge in [-0.25, -0.2) is 9.59 Å². The largest absolute Gasteiger partial charge is 0.497 e. The maximum atomic E-state index is 11.7. The first-order chi connectivity index (χ1) is 10.1. The molecule has 0 fully saturated rings. The SMILES string of the molecule is COc1cc(Cl)cc(C[C@H](NC(=O)OC(C)(C)C)C(=O)O)c1. The van der Waals surface area contributed by atoms with E-state index in [1.54, 1.807) is 39.0 Å². The summed E-state index contributed by atoms with van der Waals surface area (Å²) in [5.41, 5.74) is -0.0697. The van der Waals surface area contributed by atoms with Crippen LogP contribution in [0.25, 0.3) is 0 Å². The van der Waals surface area contributed by atoms with E-state index in [2.05, 4.69) is 5.32 Å². The molecule has 1 rings (SSSR count). The van der Waals surface area contributed by atoms with Crippen molar-refractivity contribution >= 4 is 23.7 Å². The summed E-state index contributed by atoms with van der Waals surface area (Å²) in [6, 6.07) is 3.77. The van der Waals surface area contributed by atoms with Gasteiger partial charge in [-0.2, -0.15) is 0 Å². The minimum absolute atomic E-state index is 0.0610. The van der Waals surface area contributed by atoms with Gasteiger partial charge in [0.2, 0.25) is 0 Å². The van der Waals surface area contributed by atoms with Crippen LogP contribution in [0.4, 0.5) is 4.79 Å². The Balaban J connectivity index is 2.83. The second-order valence-electron chi connectivity index (χ2n) is 5.74. The Labute approximate surface area is 134 Å². The molecule has 1 aromatic carbocycles. The van der Waals surface area contributed by atoms with Crippen LogP contribution in [0.3, 0.4) is 0 Å². The third-order valence-electron chi connectivity index (χ3n) is 2.60. The molecule has 7 heteroatoms. The van der Waals surface area contributed by atoms with Crippen LogP contribution < -0.4 is 10.1 Å². The van der Waals surface area contributed by atoms with E-state index in [0.29, 0.717) is 16.3 Å². The number of hydrogen-bond donors (Lipinski definition) is 2. The van der Waals surface area contributed by atoms with Gasteiger partial charge in [0.1, 0.15) is 17.4 Å². The highest BCUT2D eigenvalue weighted by atomic mass is 35.5. The molecule has 0 aliphatic rings. The maximum absolute atomic E-state index is 11.7. The second kappa shape index (κ2) is 7.35. The number of hydrogen-bond acceptors (Lipinski definition) is 4. The number of halogens is 1. The molecule has 0 bridgehead atoms. The summed E-state index contributed by atoms with van der Waals surface area (Å²) in [4.78, 5) is 23.0. The lowest BCUT2D eigenvalue weighted by atomic mass is 10.1. The molecule has 0 aliphatic heterocycles. The molecule has 0 spiro atoms. The Hall–Kier alpha value is -1.95. The molecule has 0 unspecified atom stereocenters. The molecule has 6 nitrogen and oxygen atoms in total. The van der Waals surface area contributed by atoms with Crippen molar-refractivity contribution in [3.8, 4) is 5.75 Å². The van der Waals surface area contributed by atoms with Crippen molar-refractivity contribution in [2.24, 2.45) is 0 Å². The summed E-state index contributed by atoms with van der Waals surface area (Å²) >= 11 is 5.95. The van der Waals surface area contributed by atoms with Crippen LogP contribution >= 0.6 is 11.6 Å².